The number of rotatable bonds is 7. The van der Waals surface area contributed by atoms with Crippen molar-refractivity contribution in [3.63, 3.8) is 0 Å². The number of amides is 2. The summed E-state index contributed by atoms with van der Waals surface area (Å²) in [6, 6.07) is 21.2. The highest BCUT2D eigenvalue weighted by atomic mass is 79.9. The smallest absolute Gasteiger partial charge is 0.244 e. The molecule has 9 heteroatoms. The number of hydrogen-bond acceptors (Lipinski definition) is 5. The Morgan fingerprint density at radius 3 is 2.58 bits per heavy atom. The molecule has 2 aromatic heterocycles. The predicted octanol–water partition coefficient (Wildman–Crippen LogP) is 5.54. The third-order valence-electron chi connectivity index (χ3n) is 8.35. The van der Waals surface area contributed by atoms with Crippen molar-refractivity contribution in [2.75, 3.05) is 19.6 Å². The zero-order valence-electron chi connectivity index (χ0n) is 23.8. The lowest BCUT2D eigenvalue weighted by Crippen LogP contribution is -2.61. The molecule has 0 bridgehead atoms. The third kappa shape index (κ3) is 6.82. The van der Waals surface area contributed by atoms with Gasteiger partial charge in [0.15, 0.2) is 0 Å². The van der Waals surface area contributed by atoms with E-state index in [-0.39, 0.29) is 17.9 Å². The molecule has 2 unspecified atom stereocenters. The molecule has 0 saturated carbocycles. The van der Waals surface area contributed by atoms with Gasteiger partial charge in [-0.2, -0.15) is 0 Å². The zero-order valence-corrected chi connectivity index (χ0v) is 26.1. The summed E-state index contributed by atoms with van der Waals surface area (Å²) < 4.78 is 0.940. The highest BCUT2D eigenvalue weighted by molar-refractivity contribution is 9.10. The van der Waals surface area contributed by atoms with Gasteiger partial charge in [-0.15, -0.1) is 0 Å². The number of hydrogen-bond donors (Lipinski definition) is 1. The molecule has 1 aliphatic carbocycles. The van der Waals surface area contributed by atoms with E-state index in [9.17, 15) is 9.59 Å². The van der Waals surface area contributed by atoms with Crippen LogP contribution in [0.4, 0.5) is 0 Å². The van der Waals surface area contributed by atoms with Crippen molar-refractivity contribution < 1.29 is 9.59 Å². The Hall–Kier alpha value is -3.59. The maximum absolute atomic E-state index is 13.8. The number of pyridine rings is 2. The molecule has 1 fully saturated rings. The Labute approximate surface area is 265 Å². The number of aryl methyl sites for hydroxylation is 3. The minimum atomic E-state index is -0.647. The van der Waals surface area contributed by atoms with Crippen LogP contribution < -0.4 is 5.32 Å². The molecule has 1 aliphatic heterocycles. The van der Waals surface area contributed by atoms with Crippen LogP contribution in [0.5, 0.6) is 0 Å². The summed E-state index contributed by atoms with van der Waals surface area (Å²) in [5.74, 6) is -0.184. The molecule has 6 rings (SSSR count). The molecule has 0 spiro atoms. The summed E-state index contributed by atoms with van der Waals surface area (Å²) in [5.41, 5.74) is 6.51. The van der Waals surface area contributed by atoms with E-state index < -0.39 is 6.04 Å². The first kappa shape index (κ1) is 29.5. The number of nitrogens with one attached hydrogen (secondary N) is 1. The van der Waals surface area contributed by atoms with Crippen LogP contribution in [0, 0.1) is 0 Å². The van der Waals surface area contributed by atoms with E-state index in [1.807, 2.05) is 60.8 Å². The topological polar surface area (TPSA) is 78.4 Å². The molecule has 7 nitrogen and oxygen atoms in total. The van der Waals surface area contributed by atoms with Gasteiger partial charge in [-0.25, -0.2) is 0 Å². The molecule has 2 aromatic carbocycles. The van der Waals surface area contributed by atoms with Gasteiger partial charge in [-0.05, 0) is 87.3 Å². The Kier molecular flexibility index (Phi) is 9.17. The molecule has 2 aliphatic rings. The molecule has 1 saturated heterocycles. The van der Waals surface area contributed by atoms with Crippen molar-refractivity contribution in [3.8, 4) is 0 Å². The van der Waals surface area contributed by atoms with Crippen LogP contribution in [0.1, 0.15) is 46.0 Å². The van der Waals surface area contributed by atoms with Crippen molar-refractivity contribution in [1.82, 2.24) is 25.1 Å². The van der Waals surface area contributed by atoms with Crippen molar-refractivity contribution in [3.05, 3.63) is 128 Å². The number of benzene rings is 2. The second kappa shape index (κ2) is 13.4. The van der Waals surface area contributed by atoms with Crippen LogP contribution in [0.15, 0.2) is 89.8 Å². The lowest BCUT2D eigenvalue weighted by Gasteiger charge is -2.44. The van der Waals surface area contributed by atoms with Gasteiger partial charge in [-0.1, -0.05) is 54.1 Å². The van der Waals surface area contributed by atoms with Crippen LogP contribution in [-0.4, -0.2) is 57.3 Å². The van der Waals surface area contributed by atoms with E-state index in [1.54, 1.807) is 17.3 Å². The minimum Gasteiger partial charge on any atom is -0.350 e. The average Bonchev–Trinajstić information content (AvgIpc) is 3.19. The van der Waals surface area contributed by atoms with Crippen molar-refractivity contribution in [1.29, 1.82) is 0 Å². The summed E-state index contributed by atoms with van der Waals surface area (Å²) in [7, 11) is 0. The molecule has 2 atom stereocenters. The van der Waals surface area contributed by atoms with Gasteiger partial charge in [0, 0.05) is 60.7 Å². The Morgan fingerprint density at radius 1 is 0.953 bits per heavy atom. The molecular weight excluding hydrogens is 626 g/mol. The van der Waals surface area contributed by atoms with Gasteiger partial charge in [-0.3, -0.25) is 24.5 Å². The standard InChI is InChI=1S/C34H33BrClN5O2/c35-27-17-26-10-9-25-18-28(36)11-12-29(25)33(32(26)38-21-27)40-15-16-41(31(42)13-8-23-5-2-1-3-6-23)30(22-40)34(43)39-20-24-7-4-14-37-19-24/h1-7,11-12,14,17-19,21,30,33H,8-10,13,15-16,20,22H2,(H,39,43). The summed E-state index contributed by atoms with van der Waals surface area (Å²) in [6.07, 6.45) is 7.97. The average molecular weight is 659 g/mol. The first-order chi connectivity index (χ1) is 21.0. The van der Waals surface area contributed by atoms with E-state index in [0.29, 0.717) is 44.0 Å². The van der Waals surface area contributed by atoms with E-state index in [0.717, 1.165) is 39.7 Å². The van der Waals surface area contributed by atoms with E-state index >= 15 is 0 Å². The lowest BCUT2D eigenvalue weighted by atomic mass is 9.95. The number of piperazine rings is 1. The predicted molar refractivity (Wildman–Crippen MR) is 171 cm³/mol. The van der Waals surface area contributed by atoms with Gasteiger partial charge in [0.25, 0.3) is 0 Å². The second-order valence-corrected chi connectivity index (χ2v) is 12.5. The second-order valence-electron chi connectivity index (χ2n) is 11.1. The van der Waals surface area contributed by atoms with Crippen LogP contribution in [0.25, 0.3) is 0 Å². The molecule has 0 radical (unpaired) electrons. The van der Waals surface area contributed by atoms with Crippen LogP contribution in [-0.2, 0) is 35.4 Å². The molecule has 2 amide bonds. The SMILES string of the molecule is O=C(NCc1cccnc1)C1CN(C2c3ccc(Cl)cc3CCc3cc(Br)cnc32)CCN1C(=O)CCc1ccccc1. The van der Waals surface area contributed by atoms with Gasteiger partial charge >= 0.3 is 0 Å². The minimum absolute atomic E-state index is 0.0134. The molecule has 220 valence electrons. The normalized spacial score (nSPS) is 18.3. The van der Waals surface area contributed by atoms with E-state index in [4.69, 9.17) is 16.6 Å². The number of carbonyl (C=O) groups is 2. The number of halogens is 2. The first-order valence-electron chi connectivity index (χ1n) is 14.6. The largest absolute Gasteiger partial charge is 0.350 e. The maximum atomic E-state index is 13.8. The lowest BCUT2D eigenvalue weighted by molar-refractivity contribution is -0.144. The molecular formula is C34H33BrClN5O2. The summed E-state index contributed by atoms with van der Waals surface area (Å²) in [5, 5.41) is 3.79. The monoisotopic (exact) mass is 657 g/mol. The Bertz CT molecular complexity index is 1550. The third-order valence-corrected chi connectivity index (χ3v) is 9.02. The number of nitrogens with zero attached hydrogens (tertiary/aromatic N) is 4. The van der Waals surface area contributed by atoms with Crippen LogP contribution in [0.3, 0.4) is 0 Å². The van der Waals surface area contributed by atoms with Gasteiger partial charge in [0.05, 0.1) is 11.7 Å². The number of aromatic nitrogens is 2. The Morgan fingerprint density at radius 2 is 1.77 bits per heavy atom. The molecule has 3 heterocycles. The Balaban J connectivity index is 1.30. The summed E-state index contributed by atoms with van der Waals surface area (Å²) >= 11 is 10.0. The maximum Gasteiger partial charge on any atom is 0.244 e. The van der Waals surface area contributed by atoms with Crippen LogP contribution >= 0.6 is 27.5 Å². The van der Waals surface area contributed by atoms with Gasteiger partial charge in [0.1, 0.15) is 6.04 Å². The van der Waals surface area contributed by atoms with Crippen molar-refractivity contribution in [2.24, 2.45) is 0 Å². The first-order valence-corrected chi connectivity index (χ1v) is 15.8. The molecule has 4 aromatic rings. The van der Waals surface area contributed by atoms with Crippen LogP contribution in [0.2, 0.25) is 5.02 Å². The summed E-state index contributed by atoms with van der Waals surface area (Å²) in [4.78, 5) is 40.7. The number of fused-ring (bicyclic) bond motifs is 2. The summed E-state index contributed by atoms with van der Waals surface area (Å²) in [6.45, 7) is 1.80. The molecule has 1 N–H and O–H groups in total. The quantitative estimate of drug-likeness (QED) is 0.282. The highest BCUT2D eigenvalue weighted by Gasteiger charge is 2.40. The fraction of sp³-hybridized carbons (Fsp3) is 0.294. The van der Waals surface area contributed by atoms with E-state index in [1.165, 1.54) is 11.1 Å². The fourth-order valence-electron chi connectivity index (χ4n) is 6.19. The van der Waals surface area contributed by atoms with Gasteiger partial charge < -0.3 is 10.2 Å². The fourth-order valence-corrected chi connectivity index (χ4v) is 6.77. The zero-order chi connectivity index (χ0) is 29.8. The van der Waals surface area contributed by atoms with Crippen molar-refractivity contribution in [2.45, 2.75) is 44.3 Å². The van der Waals surface area contributed by atoms with E-state index in [2.05, 4.69) is 43.3 Å². The molecule has 43 heavy (non-hydrogen) atoms. The number of carbonyl (C=O) groups excluding carboxylic acids is 2. The van der Waals surface area contributed by atoms with Crippen molar-refractivity contribution >= 4 is 39.3 Å². The van der Waals surface area contributed by atoms with Gasteiger partial charge in [0.2, 0.25) is 11.8 Å². The highest BCUT2D eigenvalue weighted by Crippen LogP contribution is 2.38.